The van der Waals surface area contributed by atoms with Gasteiger partial charge in [-0.15, -0.1) is 13.2 Å². The summed E-state index contributed by atoms with van der Waals surface area (Å²) in [6.07, 6.45) is -4.02. The number of amides is 1. The van der Waals surface area contributed by atoms with Crippen LogP contribution in [0.2, 0.25) is 0 Å². The Bertz CT molecular complexity index is 1100. The minimum Gasteiger partial charge on any atom is -0.406 e. The number of hydrogen-bond acceptors (Lipinski definition) is 5. The SMILES string of the molecule is CCCSc1nc2cc(OC(F)(F)F)ccc2c(=O)n1NC(=O)Cc1ccccc1. The molecule has 0 spiro atoms. The Morgan fingerprint density at radius 2 is 1.93 bits per heavy atom. The van der Waals surface area contributed by atoms with Gasteiger partial charge in [-0.1, -0.05) is 49.0 Å². The van der Waals surface area contributed by atoms with Crippen LogP contribution < -0.4 is 15.7 Å². The van der Waals surface area contributed by atoms with E-state index in [2.05, 4.69) is 15.1 Å². The van der Waals surface area contributed by atoms with Crippen molar-refractivity contribution in [1.29, 1.82) is 0 Å². The number of fused-ring (bicyclic) bond motifs is 1. The third-order valence-corrected chi connectivity index (χ3v) is 5.07. The Morgan fingerprint density at radius 3 is 2.60 bits per heavy atom. The van der Waals surface area contributed by atoms with Crippen LogP contribution in [-0.4, -0.2) is 27.7 Å². The van der Waals surface area contributed by atoms with Crippen LogP contribution in [0.5, 0.6) is 5.75 Å². The van der Waals surface area contributed by atoms with Gasteiger partial charge in [-0.2, -0.15) is 4.68 Å². The van der Waals surface area contributed by atoms with Crippen molar-refractivity contribution in [1.82, 2.24) is 9.66 Å². The summed E-state index contributed by atoms with van der Waals surface area (Å²) in [5, 5.41) is 0.241. The van der Waals surface area contributed by atoms with Gasteiger partial charge in [-0.05, 0) is 24.1 Å². The largest absolute Gasteiger partial charge is 0.573 e. The number of ether oxygens (including phenoxy) is 1. The zero-order valence-electron chi connectivity index (χ0n) is 15.9. The molecule has 6 nitrogen and oxygen atoms in total. The first-order valence-electron chi connectivity index (χ1n) is 9.06. The fourth-order valence-electron chi connectivity index (χ4n) is 2.68. The van der Waals surface area contributed by atoms with E-state index in [1.54, 1.807) is 24.3 Å². The van der Waals surface area contributed by atoms with E-state index >= 15 is 0 Å². The molecule has 0 aliphatic rings. The summed E-state index contributed by atoms with van der Waals surface area (Å²) in [4.78, 5) is 29.7. The summed E-state index contributed by atoms with van der Waals surface area (Å²) in [6, 6.07) is 12.3. The van der Waals surface area contributed by atoms with E-state index in [9.17, 15) is 22.8 Å². The number of hydrogen-bond donors (Lipinski definition) is 1. The van der Waals surface area contributed by atoms with Gasteiger partial charge in [-0.3, -0.25) is 15.0 Å². The predicted octanol–water partition coefficient (Wildman–Crippen LogP) is 4.11. The molecule has 1 amide bonds. The van der Waals surface area contributed by atoms with Crippen LogP contribution in [-0.2, 0) is 11.2 Å². The molecule has 0 bridgehead atoms. The predicted molar refractivity (Wildman–Crippen MR) is 108 cm³/mol. The Labute approximate surface area is 174 Å². The summed E-state index contributed by atoms with van der Waals surface area (Å²) in [5.41, 5.74) is 2.79. The summed E-state index contributed by atoms with van der Waals surface area (Å²) in [7, 11) is 0. The Hall–Kier alpha value is -3.01. The number of carbonyl (C=O) groups excluding carboxylic acids is 1. The van der Waals surface area contributed by atoms with E-state index in [-0.39, 0.29) is 22.5 Å². The molecule has 30 heavy (non-hydrogen) atoms. The number of thioether (sulfide) groups is 1. The van der Waals surface area contributed by atoms with Crippen LogP contribution in [0.3, 0.4) is 0 Å². The molecule has 0 aliphatic heterocycles. The summed E-state index contributed by atoms with van der Waals surface area (Å²) >= 11 is 1.22. The van der Waals surface area contributed by atoms with Crippen molar-refractivity contribution in [3.05, 3.63) is 64.4 Å². The second-order valence-corrected chi connectivity index (χ2v) is 7.37. The molecule has 3 aromatic rings. The molecule has 1 heterocycles. The molecule has 1 N–H and O–H groups in total. The summed E-state index contributed by atoms with van der Waals surface area (Å²) < 4.78 is 42.4. The summed E-state index contributed by atoms with van der Waals surface area (Å²) in [5.74, 6) is -0.287. The number of nitrogens with one attached hydrogen (secondary N) is 1. The zero-order valence-corrected chi connectivity index (χ0v) is 16.7. The molecule has 10 heteroatoms. The average Bonchev–Trinajstić information content (AvgIpc) is 2.68. The van der Waals surface area contributed by atoms with Gasteiger partial charge in [0, 0.05) is 11.8 Å². The van der Waals surface area contributed by atoms with Gasteiger partial charge in [0.25, 0.3) is 5.56 Å². The fraction of sp³-hybridized carbons (Fsp3) is 0.250. The van der Waals surface area contributed by atoms with E-state index in [0.29, 0.717) is 5.75 Å². The lowest BCUT2D eigenvalue weighted by Gasteiger charge is -2.15. The molecule has 0 saturated carbocycles. The summed E-state index contributed by atoms with van der Waals surface area (Å²) in [6.45, 7) is 1.93. The van der Waals surface area contributed by atoms with Gasteiger partial charge in [0.15, 0.2) is 5.16 Å². The van der Waals surface area contributed by atoms with E-state index < -0.39 is 23.6 Å². The van der Waals surface area contributed by atoms with Crippen LogP contribution in [0.15, 0.2) is 58.5 Å². The lowest BCUT2D eigenvalue weighted by atomic mass is 10.1. The standard InChI is InChI=1S/C20H18F3N3O3S/c1-2-10-30-19-24-16-12-14(29-20(21,22)23)8-9-15(16)18(28)26(19)25-17(27)11-13-6-4-3-5-7-13/h3-9,12H,2,10-11H2,1H3,(H,25,27). The van der Waals surface area contributed by atoms with Crippen molar-refractivity contribution in [2.45, 2.75) is 31.3 Å². The van der Waals surface area contributed by atoms with Crippen LogP contribution in [0.1, 0.15) is 18.9 Å². The topological polar surface area (TPSA) is 73.2 Å². The molecule has 3 rings (SSSR count). The average molecular weight is 437 g/mol. The monoisotopic (exact) mass is 437 g/mol. The maximum Gasteiger partial charge on any atom is 0.573 e. The molecule has 0 aliphatic carbocycles. The first kappa shape index (κ1) is 21.7. The first-order chi connectivity index (χ1) is 14.3. The van der Waals surface area contributed by atoms with Crippen molar-refractivity contribution in [2.24, 2.45) is 0 Å². The van der Waals surface area contributed by atoms with Gasteiger partial charge in [-0.25, -0.2) is 4.98 Å². The van der Waals surface area contributed by atoms with Crippen LogP contribution in [0.4, 0.5) is 13.2 Å². The second kappa shape index (κ2) is 9.21. The highest BCUT2D eigenvalue weighted by molar-refractivity contribution is 7.99. The van der Waals surface area contributed by atoms with Gasteiger partial charge < -0.3 is 4.74 Å². The normalized spacial score (nSPS) is 11.5. The molecule has 0 radical (unpaired) electrons. The minimum absolute atomic E-state index is 0.0499. The van der Waals surface area contributed by atoms with E-state index in [1.807, 2.05) is 13.0 Å². The molecule has 158 valence electrons. The maximum absolute atomic E-state index is 12.9. The molecular weight excluding hydrogens is 419 g/mol. The van der Waals surface area contributed by atoms with Crippen molar-refractivity contribution >= 4 is 28.6 Å². The van der Waals surface area contributed by atoms with Crippen LogP contribution in [0, 0.1) is 0 Å². The highest BCUT2D eigenvalue weighted by Gasteiger charge is 2.31. The van der Waals surface area contributed by atoms with Gasteiger partial charge in [0.05, 0.1) is 17.3 Å². The van der Waals surface area contributed by atoms with Crippen molar-refractivity contribution in [2.75, 3.05) is 11.2 Å². The quantitative estimate of drug-likeness (QED) is 0.445. The number of halogens is 3. The van der Waals surface area contributed by atoms with Crippen molar-refractivity contribution in [3.8, 4) is 5.75 Å². The molecular formula is C20H18F3N3O3S. The third-order valence-electron chi connectivity index (χ3n) is 3.92. The van der Waals surface area contributed by atoms with E-state index in [0.717, 1.165) is 28.8 Å². The smallest absolute Gasteiger partial charge is 0.406 e. The number of rotatable bonds is 7. The maximum atomic E-state index is 12.9. The number of benzene rings is 2. The lowest BCUT2D eigenvalue weighted by Crippen LogP contribution is -2.36. The number of aromatic nitrogens is 2. The van der Waals surface area contributed by atoms with Crippen LogP contribution >= 0.6 is 11.8 Å². The Kier molecular flexibility index (Phi) is 6.66. The second-order valence-electron chi connectivity index (χ2n) is 6.31. The number of carbonyl (C=O) groups is 1. The van der Waals surface area contributed by atoms with Gasteiger partial charge in [0.2, 0.25) is 5.91 Å². The lowest BCUT2D eigenvalue weighted by molar-refractivity contribution is -0.274. The van der Waals surface area contributed by atoms with Gasteiger partial charge >= 0.3 is 6.36 Å². The Balaban J connectivity index is 1.97. The van der Waals surface area contributed by atoms with Gasteiger partial charge in [0.1, 0.15) is 5.75 Å². The number of nitrogens with zero attached hydrogens (tertiary/aromatic N) is 2. The van der Waals surface area contributed by atoms with Crippen molar-refractivity contribution in [3.63, 3.8) is 0 Å². The van der Waals surface area contributed by atoms with E-state index in [1.165, 1.54) is 17.8 Å². The fourth-order valence-corrected chi connectivity index (χ4v) is 3.48. The van der Waals surface area contributed by atoms with E-state index in [4.69, 9.17) is 0 Å². The van der Waals surface area contributed by atoms with Crippen molar-refractivity contribution < 1.29 is 22.7 Å². The Morgan fingerprint density at radius 1 is 1.20 bits per heavy atom. The molecule has 0 fully saturated rings. The molecule has 0 saturated heterocycles. The molecule has 0 unspecified atom stereocenters. The first-order valence-corrected chi connectivity index (χ1v) is 10.0. The third kappa shape index (κ3) is 5.53. The molecule has 0 atom stereocenters. The highest BCUT2D eigenvalue weighted by Crippen LogP contribution is 2.26. The number of alkyl halides is 3. The van der Waals surface area contributed by atoms with Crippen LogP contribution in [0.25, 0.3) is 10.9 Å². The molecule has 2 aromatic carbocycles. The minimum atomic E-state index is -4.85. The zero-order chi connectivity index (χ0) is 21.7. The molecule has 1 aromatic heterocycles. The highest BCUT2D eigenvalue weighted by atomic mass is 32.2.